The molecule has 0 spiro atoms. The minimum Gasteiger partial charge on any atom is -0.298 e. The minimum atomic E-state index is 0.559. The second kappa shape index (κ2) is 4.29. The van der Waals surface area contributed by atoms with Crippen LogP contribution in [0.5, 0.6) is 0 Å². The Morgan fingerprint density at radius 1 is 1.36 bits per heavy atom. The molecule has 3 heteroatoms. The molecule has 3 nitrogen and oxygen atoms in total. The maximum absolute atomic E-state index is 8.73. The van der Waals surface area contributed by atoms with Crippen LogP contribution in [0.3, 0.4) is 0 Å². The highest BCUT2D eigenvalue weighted by atomic mass is 15.3. The van der Waals surface area contributed by atoms with Gasteiger partial charge < -0.3 is 0 Å². The van der Waals surface area contributed by atoms with E-state index in [1.54, 1.807) is 0 Å². The number of nitrogens with zero attached hydrogens (tertiary/aromatic N) is 3. The molecule has 0 aliphatic carbocycles. The lowest BCUT2D eigenvalue weighted by atomic mass is 9.97. The van der Waals surface area contributed by atoms with E-state index < -0.39 is 0 Å². The molecular formula is C11H19N3. The lowest BCUT2D eigenvalue weighted by Crippen LogP contribution is -2.58. The predicted molar refractivity (Wildman–Crippen MR) is 55.9 cm³/mol. The summed E-state index contributed by atoms with van der Waals surface area (Å²) < 4.78 is 0. The molecule has 2 rings (SSSR count). The Balaban J connectivity index is 1.96. The first kappa shape index (κ1) is 9.95. The number of hydrogen-bond donors (Lipinski definition) is 0. The molecular weight excluding hydrogens is 174 g/mol. The van der Waals surface area contributed by atoms with E-state index in [4.69, 9.17) is 5.26 Å². The third-order valence-corrected chi connectivity index (χ3v) is 3.59. The molecule has 0 saturated carbocycles. The molecule has 2 heterocycles. The average Bonchev–Trinajstić information content (AvgIpc) is 2.19. The molecule has 0 aromatic rings. The summed E-state index contributed by atoms with van der Waals surface area (Å²) in [5, 5.41) is 8.73. The van der Waals surface area contributed by atoms with Gasteiger partial charge in [0.2, 0.25) is 0 Å². The van der Waals surface area contributed by atoms with Gasteiger partial charge in [0, 0.05) is 25.2 Å². The van der Waals surface area contributed by atoms with Gasteiger partial charge in [0.15, 0.2) is 0 Å². The van der Waals surface area contributed by atoms with Crippen LogP contribution in [0.25, 0.3) is 0 Å². The Morgan fingerprint density at radius 3 is 3.00 bits per heavy atom. The van der Waals surface area contributed by atoms with Crippen LogP contribution in [0.4, 0.5) is 0 Å². The standard InChI is InChI=1S/C11H19N3/c1-10-8-14-6-3-2-4-11(14)9-13(10)7-5-12/h10-11H,2-4,6-9H2,1H3. The van der Waals surface area contributed by atoms with Gasteiger partial charge in [-0.15, -0.1) is 0 Å². The Labute approximate surface area is 86.3 Å². The first-order valence-electron chi connectivity index (χ1n) is 5.66. The second-order valence-corrected chi connectivity index (χ2v) is 4.58. The second-order valence-electron chi connectivity index (χ2n) is 4.58. The zero-order valence-corrected chi connectivity index (χ0v) is 8.95. The molecule has 2 unspecified atom stereocenters. The maximum Gasteiger partial charge on any atom is 0.0869 e. The Morgan fingerprint density at radius 2 is 2.21 bits per heavy atom. The van der Waals surface area contributed by atoms with Crippen molar-refractivity contribution < 1.29 is 0 Å². The first-order valence-corrected chi connectivity index (χ1v) is 5.66. The van der Waals surface area contributed by atoms with Crippen molar-refractivity contribution in [1.82, 2.24) is 9.80 Å². The highest BCUT2D eigenvalue weighted by Gasteiger charge is 2.32. The molecule has 2 aliphatic heterocycles. The van der Waals surface area contributed by atoms with Gasteiger partial charge in [-0.2, -0.15) is 5.26 Å². The van der Waals surface area contributed by atoms with Gasteiger partial charge in [-0.25, -0.2) is 0 Å². The fourth-order valence-corrected chi connectivity index (χ4v) is 2.72. The van der Waals surface area contributed by atoms with Crippen molar-refractivity contribution in [2.24, 2.45) is 0 Å². The van der Waals surface area contributed by atoms with Crippen LogP contribution in [-0.4, -0.2) is 48.1 Å². The van der Waals surface area contributed by atoms with Gasteiger partial charge in [0.25, 0.3) is 0 Å². The predicted octanol–water partition coefficient (Wildman–Crippen LogP) is 1.07. The number of piperidine rings is 1. The van der Waals surface area contributed by atoms with E-state index in [-0.39, 0.29) is 0 Å². The minimum absolute atomic E-state index is 0.559. The van der Waals surface area contributed by atoms with E-state index >= 15 is 0 Å². The lowest BCUT2D eigenvalue weighted by Gasteiger charge is -2.46. The average molecular weight is 193 g/mol. The maximum atomic E-state index is 8.73. The van der Waals surface area contributed by atoms with Crippen molar-refractivity contribution in [1.29, 1.82) is 5.26 Å². The first-order chi connectivity index (χ1) is 6.81. The monoisotopic (exact) mass is 193 g/mol. The number of nitriles is 1. The smallest absolute Gasteiger partial charge is 0.0869 e. The molecule has 0 N–H and O–H groups in total. The zero-order chi connectivity index (χ0) is 9.97. The summed E-state index contributed by atoms with van der Waals surface area (Å²) in [6, 6.07) is 3.56. The molecule has 0 aromatic carbocycles. The largest absolute Gasteiger partial charge is 0.298 e. The van der Waals surface area contributed by atoms with Crippen molar-refractivity contribution >= 4 is 0 Å². The zero-order valence-electron chi connectivity index (χ0n) is 8.95. The molecule has 0 bridgehead atoms. The van der Waals surface area contributed by atoms with Crippen molar-refractivity contribution in [3.63, 3.8) is 0 Å². The molecule has 2 fully saturated rings. The van der Waals surface area contributed by atoms with Gasteiger partial charge in [-0.05, 0) is 26.3 Å². The molecule has 2 saturated heterocycles. The third-order valence-electron chi connectivity index (χ3n) is 3.59. The molecule has 14 heavy (non-hydrogen) atoms. The summed E-state index contributed by atoms with van der Waals surface area (Å²) in [6.45, 7) is 6.38. The molecule has 0 aromatic heterocycles. The normalized spacial score (nSPS) is 34.9. The highest BCUT2D eigenvalue weighted by Crippen LogP contribution is 2.23. The molecule has 2 atom stereocenters. The van der Waals surface area contributed by atoms with E-state index in [2.05, 4.69) is 22.8 Å². The SMILES string of the molecule is CC1CN2CCCCC2CN1CC#N. The van der Waals surface area contributed by atoms with Gasteiger partial charge in [0.1, 0.15) is 0 Å². The van der Waals surface area contributed by atoms with Crippen molar-refractivity contribution in [3.05, 3.63) is 0 Å². The van der Waals surface area contributed by atoms with E-state index in [1.807, 2.05) is 0 Å². The fraction of sp³-hybridized carbons (Fsp3) is 0.909. The summed E-state index contributed by atoms with van der Waals surface area (Å²) in [4.78, 5) is 4.94. The third kappa shape index (κ3) is 1.92. The number of piperazine rings is 1. The Kier molecular flexibility index (Phi) is 3.05. The van der Waals surface area contributed by atoms with Crippen LogP contribution >= 0.6 is 0 Å². The summed E-state index contributed by atoms with van der Waals surface area (Å²) in [5.41, 5.74) is 0. The van der Waals surface area contributed by atoms with Crippen LogP contribution < -0.4 is 0 Å². The Bertz CT molecular complexity index is 233. The van der Waals surface area contributed by atoms with E-state index in [0.29, 0.717) is 12.6 Å². The van der Waals surface area contributed by atoms with Crippen LogP contribution in [0, 0.1) is 11.3 Å². The van der Waals surface area contributed by atoms with Gasteiger partial charge in [-0.3, -0.25) is 9.80 Å². The van der Waals surface area contributed by atoms with Crippen molar-refractivity contribution in [3.8, 4) is 6.07 Å². The van der Waals surface area contributed by atoms with Crippen LogP contribution in [0.1, 0.15) is 26.2 Å². The molecule has 2 aliphatic rings. The van der Waals surface area contributed by atoms with Gasteiger partial charge >= 0.3 is 0 Å². The number of fused-ring (bicyclic) bond motifs is 1. The number of rotatable bonds is 1. The van der Waals surface area contributed by atoms with Gasteiger partial charge in [-0.1, -0.05) is 6.42 Å². The van der Waals surface area contributed by atoms with E-state index in [9.17, 15) is 0 Å². The Hall–Kier alpha value is -0.590. The quantitative estimate of drug-likeness (QED) is 0.584. The summed E-state index contributed by atoms with van der Waals surface area (Å²) in [7, 11) is 0. The van der Waals surface area contributed by atoms with Crippen molar-refractivity contribution in [2.75, 3.05) is 26.2 Å². The van der Waals surface area contributed by atoms with Crippen molar-refractivity contribution in [2.45, 2.75) is 38.3 Å². The van der Waals surface area contributed by atoms with Gasteiger partial charge in [0.05, 0.1) is 12.6 Å². The topological polar surface area (TPSA) is 30.3 Å². The van der Waals surface area contributed by atoms with Crippen LogP contribution in [0.2, 0.25) is 0 Å². The van der Waals surface area contributed by atoms with E-state index in [1.165, 1.54) is 25.8 Å². The lowest BCUT2D eigenvalue weighted by molar-refractivity contribution is 0.0224. The summed E-state index contributed by atoms with van der Waals surface area (Å²) in [6.07, 6.45) is 4.06. The fourth-order valence-electron chi connectivity index (χ4n) is 2.72. The van der Waals surface area contributed by atoms with Crippen LogP contribution in [-0.2, 0) is 0 Å². The summed E-state index contributed by atoms with van der Waals surface area (Å²) in [5.74, 6) is 0. The summed E-state index contributed by atoms with van der Waals surface area (Å²) >= 11 is 0. The highest BCUT2D eigenvalue weighted by molar-refractivity contribution is 4.92. The molecule has 0 amide bonds. The number of hydrogen-bond acceptors (Lipinski definition) is 3. The molecule has 0 radical (unpaired) electrons. The van der Waals surface area contributed by atoms with E-state index in [0.717, 1.165) is 19.1 Å². The molecule has 78 valence electrons. The van der Waals surface area contributed by atoms with Crippen LogP contribution in [0.15, 0.2) is 0 Å².